The predicted molar refractivity (Wildman–Crippen MR) is 65.8 cm³/mol. The van der Waals surface area contributed by atoms with Gasteiger partial charge in [0.2, 0.25) is 0 Å². The molecule has 17 heavy (non-hydrogen) atoms. The summed E-state index contributed by atoms with van der Waals surface area (Å²) in [7, 11) is 1.60. The van der Waals surface area contributed by atoms with Crippen LogP contribution in [0.2, 0.25) is 0 Å². The molecule has 2 rings (SSSR count). The van der Waals surface area contributed by atoms with Crippen LogP contribution in [0.3, 0.4) is 0 Å². The Morgan fingerprint density at radius 1 is 1.59 bits per heavy atom. The number of hydrogen-bond donors (Lipinski definition) is 2. The fraction of sp³-hybridized carbons (Fsp3) is 0.333. The lowest BCUT2D eigenvalue weighted by atomic mass is 10.4. The van der Waals surface area contributed by atoms with Crippen LogP contribution >= 0.6 is 15.9 Å². The highest BCUT2D eigenvalue weighted by Crippen LogP contribution is 2.15. The van der Waals surface area contributed by atoms with Crippen LogP contribution in [0.25, 0.3) is 0 Å². The van der Waals surface area contributed by atoms with E-state index in [0.29, 0.717) is 23.1 Å². The lowest BCUT2D eigenvalue weighted by Gasteiger charge is -2.07. The molecule has 7 nitrogen and oxygen atoms in total. The Hall–Kier alpha value is -1.70. The van der Waals surface area contributed by atoms with Crippen LogP contribution in [-0.4, -0.2) is 31.5 Å². The van der Waals surface area contributed by atoms with E-state index in [1.807, 2.05) is 0 Å². The summed E-state index contributed by atoms with van der Waals surface area (Å²) >= 11 is 3.24. The van der Waals surface area contributed by atoms with Gasteiger partial charge in [-0.25, -0.2) is 9.67 Å². The van der Waals surface area contributed by atoms with Crippen LogP contribution in [-0.2, 0) is 13.5 Å². The molecule has 2 N–H and O–H groups in total. The van der Waals surface area contributed by atoms with Crippen LogP contribution in [0.15, 0.2) is 21.8 Å². The molecule has 0 bridgehead atoms. The van der Waals surface area contributed by atoms with Crippen molar-refractivity contribution in [3.8, 4) is 0 Å². The summed E-state index contributed by atoms with van der Waals surface area (Å²) in [5, 5.41) is 13.6. The molecule has 0 saturated heterocycles. The van der Waals surface area contributed by atoms with Crippen molar-refractivity contribution in [2.45, 2.75) is 6.42 Å². The molecule has 0 unspecified atom stereocenters. The first-order chi connectivity index (χ1) is 8.18. The molecule has 0 atom stereocenters. The van der Waals surface area contributed by atoms with Gasteiger partial charge in [0.05, 0.1) is 11.9 Å². The van der Waals surface area contributed by atoms with Gasteiger partial charge in [-0.05, 0) is 15.9 Å². The first kappa shape index (κ1) is 11.8. The van der Waals surface area contributed by atoms with E-state index >= 15 is 0 Å². The van der Waals surface area contributed by atoms with Crippen molar-refractivity contribution in [1.82, 2.24) is 25.0 Å². The molecular formula is C9H11BrN6O. The van der Waals surface area contributed by atoms with Gasteiger partial charge in [0.1, 0.15) is 16.6 Å². The third kappa shape index (κ3) is 2.70. The second kappa shape index (κ2) is 5.09. The average molecular weight is 299 g/mol. The molecule has 0 aliphatic carbocycles. The van der Waals surface area contributed by atoms with Crippen molar-refractivity contribution in [3.63, 3.8) is 0 Å². The van der Waals surface area contributed by atoms with Crippen molar-refractivity contribution in [2.75, 3.05) is 11.9 Å². The van der Waals surface area contributed by atoms with E-state index in [-0.39, 0.29) is 5.56 Å². The lowest BCUT2D eigenvalue weighted by molar-refractivity contribution is 0.703. The van der Waals surface area contributed by atoms with Gasteiger partial charge in [0, 0.05) is 20.0 Å². The molecule has 0 spiro atoms. The lowest BCUT2D eigenvalue weighted by Crippen LogP contribution is -2.21. The van der Waals surface area contributed by atoms with Crippen LogP contribution in [0.1, 0.15) is 5.82 Å². The predicted octanol–water partition coefficient (Wildman–Crippen LogP) is 0.315. The summed E-state index contributed by atoms with van der Waals surface area (Å²) in [5.41, 5.74) is 0.502. The number of aryl methyl sites for hydroxylation is 1. The molecule has 0 aliphatic heterocycles. The first-order valence-electron chi connectivity index (χ1n) is 4.98. The number of hydrogen-bond acceptors (Lipinski definition) is 5. The monoisotopic (exact) mass is 298 g/mol. The number of aromatic amines is 1. The van der Waals surface area contributed by atoms with E-state index in [1.165, 1.54) is 11.0 Å². The minimum atomic E-state index is -0.172. The SMILES string of the molecule is Cn1ncc(NCCc2ncn[nH]2)c(Br)c1=O. The summed E-state index contributed by atoms with van der Waals surface area (Å²) in [6.45, 7) is 0.642. The second-order valence-electron chi connectivity index (χ2n) is 3.41. The molecule has 0 aliphatic rings. The first-order valence-corrected chi connectivity index (χ1v) is 5.77. The summed E-state index contributed by atoms with van der Waals surface area (Å²) in [4.78, 5) is 15.6. The maximum atomic E-state index is 11.6. The van der Waals surface area contributed by atoms with Crippen molar-refractivity contribution >= 4 is 21.6 Å². The molecule has 0 radical (unpaired) electrons. The summed E-state index contributed by atoms with van der Waals surface area (Å²) in [6.07, 6.45) is 3.76. The van der Waals surface area contributed by atoms with Crippen molar-refractivity contribution in [1.29, 1.82) is 0 Å². The number of nitrogens with zero attached hydrogens (tertiary/aromatic N) is 4. The quantitative estimate of drug-likeness (QED) is 0.848. The van der Waals surface area contributed by atoms with Crippen molar-refractivity contribution in [2.24, 2.45) is 7.05 Å². The zero-order chi connectivity index (χ0) is 12.3. The molecule has 2 aromatic rings. The fourth-order valence-electron chi connectivity index (χ4n) is 1.30. The van der Waals surface area contributed by atoms with Gasteiger partial charge in [0.25, 0.3) is 5.56 Å². The van der Waals surface area contributed by atoms with Gasteiger partial charge in [-0.2, -0.15) is 10.2 Å². The number of H-pyrrole nitrogens is 1. The number of nitrogens with one attached hydrogen (secondary N) is 2. The normalized spacial score (nSPS) is 10.5. The van der Waals surface area contributed by atoms with E-state index in [4.69, 9.17) is 0 Å². The Bertz CT molecular complexity index is 549. The Morgan fingerprint density at radius 3 is 3.12 bits per heavy atom. The van der Waals surface area contributed by atoms with Crippen molar-refractivity contribution < 1.29 is 0 Å². The van der Waals surface area contributed by atoms with Gasteiger partial charge in [-0.1, -0.05) is 0 Å². The van der Waals surface area contributed by atoms with Crippen molar-refractivity contribution in [3.05, 3.63) is 33.2 Å². The molecule has 2 aromatic heterocycles. The summed E-state index contributed by atoms with van der Waals surface area (Å²) < 4.78 is 1.75. The third-order valence-electron chi connectivity index (χ3n) is 2.22. The Kier molecular flexibility index (Phi) is 3.52. The Labute approximate surface area is 105 Å². The number of halogens is 1. The van der Waals surface area contributed by atoms with Gasteiger partial charge >= 0.3 is 0 Å². The minimum Gasteiger partial charge on any atom is -0.382 e. The molecule has 2 heterocycles. The van der Waals surface area contributed by atoms with Crippen LogP contribution in [0, 0.1) is 0 Å². The summed E-state index contributed by atoms with van der Waals surface area (Å²) in [6, 6.07) is 0. The van der Waals surface area contributed by atoms with E-state index in [0.717, 1.165) is 5.82 Å². The molecule has 0 fully saturated rings. The topological polar surface area (TPSA) is 88.5 Å². The van der Waals surface area contributed by atoms with E-state index in [2.05, 4.69) is 41.5 Å². The maximum Gasteiger partial charge on any atom is 0.282 e. The minimum absolute atomic E-state index is 0.172. The second-order valence-corrected chi connectivity index (χ2v) is 4.20. The highest BCUT2D eigenvalue weighted by atomic mass is 79.9. The zero-order valence-corrected chi connectivity index (χ0v) is 10.7. The van der Waals surface area contributed by atoms with Gasteiger partial charge < -0.3 is 5.32 Å². The van der Waals surface area contributed by atoms with E-state index < -0.39 is 0 Å². The number of aromatic nitrogens is 5. The highest BCUT2D eigenvalue weighted by Gasteiger charge is 2.06. The number of rotatable bonds is 4. The maximum absolute atomic E-state index is 11.6. The smallest absolute Gasteiger partial charge is 0.282 e. The zero-order valence-electron chi connectivity index (χ0n) is 9.14. The molecular weight excluding hydrogens is 288 g/mol. The highest BCUT2D eigenvalue weighted by molar-refractivity contribution is 9.10. The Balaban J connectivity index is 2.00. The van der Waals surface area contributed by atoms with Crippen LogP contribution < -0.4 is 10.9 Å². The standard InChI is InChI=1S/C9H11BrN6O/c1-16-9(17)8(10)6(4-14-16)11-3-2-7-12-5-13-15-7/h4-5,11H,2-3H2,1H3,(H,12,13,15). The van der Waals surface area contributed by atoms with Gasteiger partial charge in [-0.3, -0.25) is 9.89 Å². The Morgan fingerprint density at radius 2 is 2.41 bits per heavy atom. The molecule has 8 heteroatoms. The molecule has 0 saturated carbocycles. The largest absolute Gasteiger partial charge is 0.382 e. The third-order valence-corrected chi connectivity index (χ3v) is 2.99. The van der Waals surface area contributed by atoms with E-state index in [9.17, 15) is 4.79 Å². The fourth-order valence-corrected chi connectivity index (χ4v) is 1.80. The van der Waals surface area contributed by atoms with E-state index in [1.54, 1.807) is 13.2 Å². The molecule has 0 amide bonds. The summed E-state index contributed by atoms with van der Waals surface area (Å²) in [5.74, 6) is 0.797. The average Bonchev–Trinajstić information content (AvgIpc) is 2.82. The van der Waals surface area contributed by atoms with Crippen LogP contribution in [0.4, 0.5) is 5.69 Å². The van der Waals surface area contributed by atoms with Crippen LogP contribution in [0.5, 0.6) is 0 Å². The van der Waals surface area contributed by atoms with Gasteiger partial charge in [0.15, 0.2) is 0 Å². The van der Waals surface area contributed by atoms with Gasteiger partial charge in [-0.15, -0.1) is 0 Å². The molecule has 0 aromatic carbocycles. The molecule has 90 valence electrons. The number of anilines is 1.